The number of hydrogen-bond acceptors (Lipinski definition) is 4. The van der Waals surface area contributed by atoms with Crippen molar-refractivity contribution < 1.29 is 9.59 Å². The predicted molar refractivity (Wildman–Crippen MR) is 99.9 cm³/mol. The quantitative estimate of drug-likeness (QED) is 0.886. The molecule has 0 saturated carbocycles. The average molecular weight is 378 g/mol. The molecule has 1 saturated heterocycles. The first-order valence-electron chi connectivity index (χ1n) is 8.26. The predicted octanol–water partition coefficient (Wildman–Crippen LogP) is 3.52. The van der Waals surface area contributed by atoms with Crippen LogP contribution in [0, 0.1) is 12.8 Å². The lowest BCUT2D eigenvalue weighted by Crippen LogP contribution is -2.42. The Kier molecular flexibility index (Phi) is 5.71. The highest BCUT2D eigenvalue weighted by Gasteiger charge is 2.27. The van der Waals surface area contributed by atoms with Crippen LogP contribution in [0.2, 0.25) is 5.02 Å². The molecule has 0 radical (unpaired) electrons. The second-order valence-corrected chi connectivity index (χ2v) is 7.54. The zero-order chi connectivity index (χ0) is 17.8. The fourth-order valence-corrected chi connectivity index (χ4v) is 3.72. The van der Waals surface area contributed by atoms with Crippen LogP contribution < -0.4 is 5.32 Å². The molecule has 0 spiro atoms. The first kappa shape index (κ1) is 17.9. The molecule has 1 fully saturated rings. The van der Waals surface area contributed by atoms with Gasteiger partial charge in [0, 0.05) is 29.4 Å². The van der Waals surface area contributed by atoms with Crippen molar-refractivity contribution >= 4 is 39.9 Å². The summed E-state index contributed by atoms with van der Waals surface area (Å²) in [5.74, 6) is 0.0275. The Balaban J connectivity index is 1.48. The number of piperidine rings is 1. The lowest BCUT2D eigenvalue weighted by Gasteiger charge is -2.31. The number of aromatic nitrogens is 1. The molecule has 25 heavy (non-hydrogen) atoms. The number of anilines is 1. The number of carbonyl (C=O) groups excluding carboxylic acids is 2. The minimum absolute atomic E-state index is 0.000787. The largest absolute Gasteiger partial charge is 0.342 e. The Hall–Kier alpha value is -1.92. The number of benzene rings is 1. The molecular weight excluding hydrogens is 358 g/mol. The molecule has 2 heterocycles. The highest BCUT2D eigenvalue weighted by atomic mass is 35.5. The molecule has 5 nitrogen and oxygen atoms in total. The summed E-state index contributed by atoms with van der Waals surface area (Å²) < 4.78 is 0. The van der Waals surface area contributed by atoms with Crippen LogP contribution in [0.15, 0.2) is 29.6 Å². The number of likely N-dealkylation sites (tertiary alicyclic amines) is 1. The smallest absolute Gasteiger partial charge is 0.229 e. The Morgan fingerprint density at radius 3 is 2.56 bits per heavy atom. The standard InChI is InChI=1S/C18H20ClN3O2S/c1-12-11-25-18(20-12)21-17(24)14-6-8-22(9-7-14)16(23)10-13-2-4-15(19)5-3-13/h2-5,11,14H,6-10H2,1H3,(H,20,21,24). The first-order valence-corrected chi connectivity index (χ1v) is 9.52. The molecular formula is C18H20ClN3O2S. The van der Waals surface area contributed by atoms with Crippen LogP contribution in [0.1, 0.15) is 24.1 Å². The maximum Gasteiger partial charge on any atom is 0.229 e. The van der Waals surface area contributed by atoms with Crippen molar-refractivity contribution in [1.82, 2.24) is 9.88 Å². The second kappa shape index (κ2) is 7.97. The summed E-state index contributed by atoms with van der Waals surface area (Å²) in [7, 11) is 0. The number of nitrogens with one attached hydrogen (secondary N) is 1. The fraction of sp³-hybridized carbons (Fsp3) is 0.389. The zero-order valence-corrected chi connectivity index (χ0v) is 15.6. The van der Waals surface area contributed by atoms with E-state index in [0.717, 1.165) is 11.3 Å². The number of aryl methyl sites for hydroxylation is 1. The third-order valence-electron chi connectivity index (χ3n) is 4.34. The molecule has 1 N–H and O–H groups in total. The number of rotatable bonds is 4. The third-order valence-corrected chi connectivity index (χ3v) is 5.46. The number of hydrogen-bond donors (Lipinski definition) is 1. The normalized spacial score (nSPS) is 15.2. The van der Waals surface area contributed by atoms with Crippen molar-refractivity contribution in [3.05, 3.63) is 45.9 Å². The molecule has 1 aliphatic rings. The van der Waals surface area contributed by atoms with Gasteiger partial charge in [-0.1, -0.05) is 23.7 Å². The van der Waals surface area contributed by atoms with Crippen molar-refractivity contribution in [2.45, 2.75) is 26.2 Å². The van der Waals surface area contributed by atoms with E-state index < -0.39 is 0 Å². The van der Waals surface area contributed by atoms with Gasteiger partial charge in [0.25, 0.3) is 0 Å². The van der Waals surface area contributed by atoms with Crippen molar-refractivity contribution in [1.29, 1.82) is 0 Å². The maximum absolute atomic E-state index is 12.4. The fourth-order valence-electron chi connectivity index (χ4n) is 2.90. The van der Waals surface area contributed by atoms with E-state index in [4.69, 9.17) is 11.6 Å². The van der Waals surface area contributed by atoms with Gasteiger partial charge in [0.1, 0.15) is 0 Å². The van der Waals surface area contributed by atoms with Gasteiger partial charge >= 0.3 is 0 Å². The molecule has 2 aromatic rings. The number of amides is 2. The van der Waals surface area contributed by atoms with E-state index in [1.165, 1.54) is 11.3 Å². The minimum atomic E-state index is -0.0659. The molecule has 132 valence electrons. The highest BCUT2D eigenvalue weighted by Crippen LogP contribution is 2.22. The second-order valence-electron chi connectivity index (χ2n) is 6.24. The number of thiazole rings is 1. The lowest BCUT2D eigenvalue weighted by atomic mass is 9.95. The van der Waals surface area contributed by atoms with E-state index in [0.29, 0.717) is 42.5 Å². The van der Waals surface area contributed by atoms with Crippen LogP contribution in [0.25, 0.3) is 0 Å². The topological polar surface area (TPSA) is 62.3 Å². The summed E-state index contributed by atoms with van der Waals surface area (Å²) in [4.78, 5) is 30.8. The molecule has 1 aromatic carbocycles. The lowest BCUT2D eigenvalue weighted by molar-refractivity contribution is -0.133. The summed E-state index contributed by atoms with van der Waals surface area (Å²) in [6.45, 7) is 3.12. The van der Waals surface area contributed by atoms with Gasteiger partial charge in [0.2, 0.25) is 11.8 Å². The van der Waals surface area contributed by atoms with Gasteiger partial charge in [-0.2, -0.15) is 0 Å². The van der Waals surface area contributed by atoms with Crippen LogP contribution in [-0.4, -0.2) is 34.8 Å². The van der Waals surface area contributed by atoms with E-state index in [2.05, 4.69) is 10.3 Å². The van der Waals surface area contributed by atoms with E-state index in [9.17, 15) is 9.59 Å². The molecule has 0 atom stereocenters. The van der Waals surface area contributed by atoms with E-state index in [1.807, 2.05) is 29.3 Å². The minimum Gasteiger partial charge on any atom is -0.342 e. The number of halogens is 1. The summed E-state index contributed by atoms with van der Waals surface area (Å²) in [5.41, 5.74) is 1.86. The third kappa shape index (κ3) is 4.80. The van der Waals surface area contributed by atoms with Crippen LogP contribution in [0.4, 0.5) is 5.13 Å². The average Bonchev–Trinajstić information content (AvgIpc) is 3.02. The summed E-state index contributed by atoms with van der Waals surface area (Å²) >= 11 is 7.30. The maximum atomic E-state index is 12.4. The SMILES string of the molecule is Cc1csc(NC(=O)C2CCN(C(=O)Cc3ccc(Cl)cc3)CC2)n1. The Morgan fingerprint density at radius 2 is 1.96 bits per heavy atom. The number of carbonyl (C=O) groups is 2. The summed E-state index contributed by atoms with van der Waals surface area (Å²) in [6, 6.07) is 7.33. The summed E-state index contributed by atoms with van der Waals surface area (Å²) in [5, 5.41) is 6.09. The summed E-state index contributed by atoms with van der Waals surface area (Å²) in [6.07, 6.45) is 1.73. The van der Waals surface area contributed by atoms with Crippen LogP contribution in [0.5, 0.6) is 0 Å². The van der Waals surface area contributed by atoms with Crippen molar-refractivity contribution in [3.63, 3.8) is 0 Å². The molecule has 0 bridgehead atoms. The van der Waals surface area contributed by atoms with Crippen molar-refractivity contribution in [3.8, 4) is 0 Å². The molecule has 2 amide bonds. The molecule has 1 aromatic heterocycles. The first-order chi connectivity index (χ1) is 12.0. The van der Waals surface area contributed by atoms with Gasteiger partial charge in [-0.25, -0.2) is 4.98 Å². The highest BCUT2D eigenvalue weighted by molar-refractivity contribution is 7.13. The molecule has 0 aliphatic carbocycles. The van der Waals surface area contributed by atoms with Crippen LogP contribution >= 0.6 is 22.9 Å². The van der Waals surface area contributed by atoms with Crippen molar-refractivity contribution in [2.75, 3.05) is 18.4 Å². The zero-order valence-electron chi connectivity index (χ0n) is 14.0. The van der Waals surface area contributed by atoms with Gasteiger partial charge in [-0.05, 0) is 37.5 Å². The Bertz CT molecular complexity index is 752. The van der Waals surface area contributed by atoms with Gasteiger partial charge < -0.3 is 10.2 Å². The van der Waals surface area contributed by atoms with Crippen molar-refractivity contribution in [2.24, 2.45) is 5.92 Å². The monoisotopic (exact) mass is 377 g/mol. The van der Waals surface area contributed by atoms with Gasteiger partial charge in [0.15, 0.2) is 5.13 Å². The van der Waals surface area contributed by atoms with Gasteiger partial charge in [0.05, 0.1) is 12.1 Å². The van der Waals surface area contributed by atoms with E-state index >= 15 is 0 Å². The van der Waals surface area contributed by atoms with Gasteiger partial charge in [-0.3, -0.25) is 9.59 Å². The van der Waals surface area contributed by atoms with Crippen LogP contribution in [0.3, 0.4) is 0 Å². The van der Waals surface area contributed by atoms with Gasteiger partial charge in [-0.15, -0.1) is 11.3 Å². The molecule has 1 aliphatic heterocycles. The molecule has 7 heteroatoms. The van der Waals surface area contributed by atoms with E-state index in [1.54, 1.807) is 12.1 Å². The molecule has 0 unspecified atom stereocenters. The molecule has 3 rings (SSSR count). The Morgan fingerprint density at radius 1 is 1.28 bits per heavy atom. The van der Waals surface area contributed by atoms with E-state index in [-0.39, 0.29) is 17.7 Å². The Labute approximate surface area is 156 Å². The van der Waals surface area contributed by atoms with Crippen LogP contribution in [-0.2, 0) is 16.0 Å². The number of nitrogens with zero attached hydrogens (tertiary/aromatic N) is 2.